The van der Waals surface area contributed by atoms with Crippen LogP contribution in [0.15, 0.2) is 64.5 Å². The minimum Gasteiger partial charge on any atom is -0.330 e. The number of thioether (sulfide) groups is 1. The largest absolute Gasteiger partial charge is 0.330 e. The van der Waals surface area contributed by atoms with Gasteiger partial charge in [-0.05, 0) is 50.4 Å². The molecule has 2 heterocycles. The van der Waals surface area contributed by atoms with Gasteiger partial charge in [-0.1, -0.05) is 66.7 Å². The summed E-state index contributed by atoms with van der Waals surface area (Å²) >= 11 is 1.62. The number of nitrogens with zero attached hydrogens (tertiary/aromatic N) is 3. The molecule has 1 aromatic heterocycles. The van der Waals surface area contributed by atoms with Gasteiger partial charge in [0.05, 0.1) is 11.7 Å². The van der Waals surface area contributed by atoms with Crippen molar-refractivity contribution in [2.75, 3.05) is 18.8 Å². The predicted octanol–water partition coefficient (Wildman–Crippen LogP) is 4.58. The van der Waals surface area contributed by atoms with Crippen LogP contribution in [0.25, 0.3) is 0 Å². The second-order valence-electron chi connectivity index (χ2n) is 9.01. The molecule has 0 aliphatic carbocycles. The first kappa shape index (κ1) is 25.2. The number of carbonyl (C=O) groups is 1. The Kier molecular flexibility index (Phi) is 8.42. The van der Waals surface area contributed by atoms with Crippen LogP contribution in [0, 0.1) is 6.92 Å². The Bertz CT molecular complexity index is 1210. The highest BCUT2D eigenvalue weighted by atomic mass is 32.2. The standard InChI is InChI=1S/C28H34N4O2S/c1-3-24(31(16-7-15-29)26(33)22-13-11-20(2)12-14-22)25-23(19-21-9-5-4-6-10-21)27(34)32-17-8-18-35-28(32)30-25/h4-6,9-14,24H,3,7-8,15-19,29H2,1-2H3. The minimum atomic E-state index is -0.310. The molecule has 4 rings (SSSR count). The highest BCUT2D eigenvalue weighted by molar-refractivity contribution is 7.99. The molecule has 0 spiro atoms. The van der Waals surface area contributed by atoms with E-state index in [1.165, 1.54) is 0 Å². The van der Waals surface area contributed by atoms with Crippen LogP contribution in [-0.2, 0) is 13.0 Å². The summed E-state index contributed by atoms with van der Waals surface area (Å²) in [5, 5.41) is 0.757. The van der Waals surface area contributed by atoms with E-state index in [0.29, 0.717) is 50.0 Å². The number of carbonyl (C=O) groups excluding carboxylic acids is 1. The maximum atomic E-state index is 13.8. The number of fused-ring (bicyclic) bond motifs is 1. The summed E-state index contributed by atoms with van der Waals surface area (Å²) < 4.78 is 1.81. The zero-order chi connectivity index (χ0) is 24.8. The molecule has 0 saturated carbocycles. The van der Waals surface area contributed by atoms with Crippen LogP contribution >= 0.6 is 11.8 Å². The quantitative estimate of drug-likeness (QED) is 0.444. The molecule has 184 valence electrons. The van der Waals surface area contributed by atoms with E-state index in [1.54, 1.807) is 11.8 Å². The summed E-state index contributed by atoms with van der Waals surface area (Å²) in [4.78, 5) is 34.4. The van der Waals surface area contributed by atoms with Gasteiger partial charge in [0, 0.05) is 36.4 Å². The fourth-order valence-electron chi connectivity index (χ4n) is 4.61. The van der Waals surface area contributed by atoms with Crippen LogP contribution in [0.5, 0.6) is 0 Å². The second kappa shape index (κ2) is 11.7. The molecule has 1 aliphatic heterocycles. The highest BCUT2D eigenvalue weighted by Crippen LogP contribution is 2.31. The molecular formula is C28H34N4O2S. The van der Waals surface area contributed by atoms with Crippen molar-refractivity contribution in [3.8, 4) is 0 Å². The maximum Gasteiger partial charge on any atom is 0.258 e. The van der Waals surface area contributed by atoms with E-state index in [2.05, 4.69) is 6.92 Å². The van der Waals surface area contributed by atoms with E-state index in [-0.39, 0.29) is 17.5 Å². The van der Waals surface area contributed by atoms with Gasteiger partial charge in [-0.15, -0.1) is 0 Å². The van der Waals surface area contributed by atoms with E-state index < -0.39 is 0 Å². The fourth-order valence-corrected chi connectivity index (χ4v) is 5.56. The third-order valence-electron chi connectivity index (χ3n) is 6.48. The van der Waals surface area contributed by atoms with Crippen molar-refractivity contribution in [1.82, 2.24) is 14.5 Å². The molecule has 2 N–H and O–H groups in total. The van der Waals surface area contributed by atoms with Crippen molar-refractivity contribution in [2.24, 2.45) is 5.73 Å². The Labute approximate surface area is 211 Å². The minimum absolute atomic E-state index is 0.0149. The first-order valence-corrected chi connectivity index (χ1v) is 13.4. The summed E-state index contributed by atoms with van der Waals surface area (Å²) in [6.45, 7) is 5.75. The number of hydrogen-bond acceptors (Lipinski definition) is 5. The zero-order valence-corrected chi connectivity index (χ0v) is 21.4. The van der Waals surface area contributed by atoms with Gasteiger partial charge in [-0.25, -0.2) is 4.98 Å². The third-order valence-corrected chi connectivity index (χ3v) is 7.54. The van der Waals surface area contributed by atoms with Crippen molar-refractivity contribution in [3.05, 3.63) is 92.9 Å². The average Bonchev–Trinajstić information content (AvgIpc) is 2.89. The maximum absolute atomic E-state index is 13.8. The van der Waals surface area contributed by atoms with Crippen molar-refractivity contribution >= 4 is 17.7 Å². The van der Waals surface area contributed by atoms with Gasteiger partial charge in [-0.2, -0.15) is 0 Å². The Morgan fingerprint density at radius 3 is 2.60 bits per heavy atom. The molecule has 1 atom stereocenters. The summed E-state index contributed by atoms with van der Waals surface area (Å²) in [7, 11) is 0. The van der Waals surface area contributed by atoms with Gasteiger partial charge in [0.2, 0.25) is 0 Å². The number of amides is 1. The lowest BCUT2D eigenvalue weighted by molar-refractivity contribution is 0.0663. The lowest BCUT2D eigenvalue weighted by atomic mass is 9.97. The topological polar surface area (TPSA) is 81.2 Å². The molecule has 7 heteroatoms. The molecule has 6 nitrogen and oxygen atoms in total. The van der Waals surface area contributed by atoms with Crippen molar-refractivity contribution < 1.29 is 4.79 Å². The number of aromatic nitrogens is 2. The molecule has 1 amide bonds. The van der Waals surface area contributed by atoms with Gasteiger partial charge >= 0.3 is 0 Å². The van der Waals surface area contributed by atoms with Crippen molar-refractivity contribution in [1.29, 1.82) is 0 Å². The molecule has 35 heavy (non-hydrogen) atoms. The molecular weight excluding hydrogens is 456 g/mol. The van der Waals surface area contributed by atoms with Crippen LogP contribution in [0.3, 0.4) is 0 Å². The van der Waals surface area contributed by atoms with Crippen LogP contribution in [0.2, 0.25) is 0 Å². The van der Waals surface area contributed by atoms with Crippen LogP contribution in [-0.4, -0.2) is 39.2 Å². The Balaban J connectivity index is 1.82. The Hall–Kier alpha value is -2.90. The van der Waals surface area contributed by atoms with Gasteiger partial charge in [-0.3, -0.25) is 14.2 Å². The first-order valence-electron chi connectivity index (χ1n) is 12.4. The van der Waals surface area contributed by atoms with Gasteiger partial charge in [0.15, 0.2) is 5.16 Å². The molecule has 1 aliphatic rings. The number of nitrogens with two attached hydrogens (primary N) is 1. The molecule has 0 bridgehead atoms. The second-order valence-corrected chi connectivity index (χ2v) is 10.1. The smallest absolute Gasteiger partial charge is 0.258 e. The summed E-state index contributed by atoms with van der Waals surface area (Å²) in [5.41, 5.74) is 10.1. The summed E-state index contributed by atoms with van der Waals surface area (Å²) in [5.74, 6) is 0.892. The highest BCUT2D eigenvalue weighted by Gasteiger charge is 2.30. The Morgan fingerprint density at radius 1 is 1.17 bits per heavy atom. The van der Waals surface area contributed by atoms with Crippen LogP contribution in [0.4, 0.5) is 0 Å². The van der Waals surface area contributed by atoms with E-state index in [9.17, 15) is 9.59 Å². The molecule has 0 radical (unpaired) electrons. The van der Waals surface area contributed by atoms with Gasteiger partial charge in [0.1, 0.15) is 0 Å². The molecule has 0 fully saturated rings. The van der Waals surface area contributed by atoms with Crippen molar-refractivity contribution in [3.63, 3.8) is 0 Å². The van der Waals surface area contributed by atoms with E-state index >= 15 is 0 Å². The predicted molar refractivity (Wildman–Crippen MR) is 142 cm³/mol. The van der Waals surface area contributed by atoms with E-state index in [0.717, 1.165) is 34.2 Å². The lowest BCUT2D eigenvalue weighted by Crippen LogP contribution is -2.39. The number of benzene rings is 2. The molecule has 3 aromatic rings. The average molecular weight is 491 g/mol. The monoisotopic (exact) mass is 490 g/mol. The summed E-state index contributed by atoms with van der Waals surface area (Å²) in [6.07, 6.45) is 2.79. The molecule has 0 saturated heterocycles. The van der Waals surface area contributed by atoms with Gasteiger partial charge < -0.3 is 10.6 Å². The van der Waals surface area contributed by atoms with E-state index in [1.807, 2.05) is 71.0 Å². The summed E-state index contributed by atoms with van der Waals surface area (Å²) in [6, 6.07) is 17.4. The molecule has 2 aromatic carbocycles. The van der Waals surface area contributed by atoms with Crippen molar-refractivity contribution in [2.45, 2.75) is 57.3 Å². The number of aryl methyl sites for hydroxylation is 1. The van der Waals surface area contributed by atoms with Gasteiger partial charge in [0.25, 0.3) is 11.5 Å². The third kappa shape index (κ3) is 5.68. The van der Waals surface area contributed by atoms with Crippen LogP contribution < -0.4 is 11.3 Å². The Morgan fingerprint density at radius 2 is 1.91 bits per heavy atom. The van der Waals surface area contributed by atoms with Crippen LogP contribution in [0.1, 0.15) is 65.0 Å². The molecule has 1 unspecified atom stereocenters. The number of hydrogen-bond donors (Lipinski definition) is 1. The zero-order valence-electron chi connectivity index (χ0n) is 20.6. The normalized spacial score (nSPS) is 13.8. The SMILES string of the molecule is CCC(c1nc2n(c(=O)c1Cc1ccccc1)CCCS2)N(CCCN)C(=O)c1ccc(C)cc1. The lowest BCUT2D eigenvalue weighted by Gasteiger charge is -2.33. The first-order chi connectivity index (χ1) is 17.0. The fraction of sp³-hybridized carbons (Fsp3) is 0.393. The van der Waals surface area contributed by atoms with E-state index in [4.69, 9.17) is 10.7 Å². The number of rotatable bonds is 9.